The van der Waals surface area contributed by atoms with Crippen molar-refractivity contribution in [3.8, 4) is 0 Å². The van der Waals surface area contributed by atoms with E-state index in [-0.39, 0.29) is 16.8 Å². The van der Waals surface area contributed by atoms with Gasteiger partial charge in [0.05, 0.1) is 17.2 Å². The minimum atomic E-state index is -5.29. The van der Waals surface area contributed by atoms with E-state index in [1.165, 1.54) is 25.1 Å². The number of halogens is 9. The first-order chi connectivity index (χ1) is 16.9. The Morgan fingerprint density at radius 1 is 1.14 bits per heavy atom. The van der Waals surface area contributed by atoms with Crippen LogP contribution in [-0.4, -0.2) is 29.8 Å². The molecule has 1 heterocycles. The molecular formula is C24H19ClF8N2O2. The SMILES string of the molecule is Cc1cc(C2=NO[C@](c3cc(C(C)(F)F)cc(Cl)c3F)(C(F)(F)F)C2)ccc1C(=O)NC1CC(F)(F)C1. The number of hydrogen-bond acceptors (Lipinski definition) is 3. The van der Waals surface area contributed by atoms with Gasteiger partial charge in [0, 0.05) is 42.5 Å². The van der Waals surface area contributed by atoms with Crippen molar-refractivity contribution in [2.24, 2.45) is 5.16 Å². The summed E-state index contributed by atoms with van der Waals surface area (Å²) in [4.78, 5) is 17.2. The van der Waals surface area contributed by atoms with Crippen molar-refractivity contribution < 1.29 is 44.8 Å². The maximum atomic E-state index is 14.8. The molecule has 4 rings (SSSR count). The molecule has 1 atom stereocenters. The molecular weight excluding hydrogens is 536 g/mol. The van der Waals surface area contributed by atoms with Gasteiger partial charge >= 0.3 is 6.18 Å². The lowest BCUT2D eigenvalue weighted by Gasteiger charge is -2.35. The second kappa shape index (κ2) is 8.85. The van der Waals surface area contributed by atoms with Gasteiger partial charge in [0.15, 0.2) is 0 Å². The number of carbonyl (C=O) groups is 1. The Labute approximate surface area is 210 Å². The number of hydrogen-bond donors (Lipinski definition) is 1. The number of nitrogens with one attached hydrogen (secondary N) is 1. The molecule has 2 aromatic carbocycles. The molecule has 1 aliphatic carbocycles. The van der Waals surface area contributed by atoms with Gasteiger partial charge in [0.25, 0.3) is 23.4 Å². The highest BCUT2D eigenvalue weighted by atomic mass is 35.5. The average molecular weight is 555 g/mol. The summed E-state index contributed by atoms with van der Waals surface area (Å²) in [7, 11) is 0. The summed E-state index contributed by atoms with van der Waals surface area (Å²) in [5.41, 5.74) is -5.39. The Kier molecular flexibility index (Phi) is 6.49. The van der Waals surface area contributed by atoms with E-state index >= 15 is 0 Å². The van der Waals surface area contributed by atoms with E-state index in [0.29, 0.717) is 24.6 Å². The number of benzene rings is 2. The molecule has 37 heavy (non-hydrogen) atoms. The van der Waals surface area contributed by atoms with Gasteiger partial charge in [-0.3, -0.25) is 4.79 Å². The van der Waals surface area contributed by atoms with E-state index in [4.69, 9.17) is 16.4 Å². The summed E-state index contributed by atoms with van der Waals surface area (Å²) in [6.45, 7) is 1.91. The first-order valence-corrected chi connectivity index (χ1v) is 11.3. The first kappa shape index (κ1) is 27.2. The second-order valence-corrected chi connectivity index (χ2v) is 9.71. The van der Waals surface area contributed by atoms with Crippen molar-refractivity contribution in [2.45, 2.75) is 62.8 Å². The van der Waals surface area contributed by atoms with Crippen LogP contribution in [0.3, 0.4) is 0 Å². The summed E-state index contributed by atoms with van der Waals surface area (Å²) < 4.78 is 112. The zero-order chi connectivity index (χ0) is 27.6. The fourth-order valence-corrected chi connectivity index (χ4v) is 4.52. The minimum Gasteiger partial charge on any atom is -0.374 e. The van der Waals surface area contributed by atoms with E-state index < -0.39 is 76.8 Å². The lowest BCUT2D eigenvalue weighted by atomic mass is 9.84. The lowest BCUT2D eigenvalue weighted by molar-refractivity contribution is -0.276. The largest absolute Gasteiger partial charge is 0.435 e. The average Bonchev–Trinajstić information content (AvgIpc) is 3.20. The molecule has 2 aliphatic rings. The molecule has 4 nitrogen and oxygen atoms in total. The van der Waals surface area contributed by atoms with Crippen LogP contribution in [0, 0.1) is 12.7 Å². The van der Waals surface area contributed by atoms with Crippen LogP contribution in [0.2, 0.25) is 5.02 Å². The lowest BCUT2D eigenvalue weighted by Crippen LogP contribution is -2.50. The van der Waals surface area contributed by atoms with Gasteiger partial charge in [-0.2, -0.15) is 13.2 Å². The van der Waals surface area contributed by atoms with Crippen LogP contribution < -0.4 is 5.32 Å². The molecule has 200 valence electrons. The van der Waals surface area contributed by atoms with Crippen molar-refractivity contribution in [1.82, 2.24) is 5.32 Å². The van der Waals surface area contributed by atoms with Gasteiger partial charge in [-0.25, -0.2) is 22.0 Å². The smallest absolute Gasteiger partial charge is 0.374 e. The molecule has 1 fully saturated rings. The molecule has 0 spiro atoms. The third-order valence-corrected chi connectivity index (χ3v) is 6.66. The van der Waals surface area contributed by atoms with Gasteiger partial charge in [-0.15, -0.1) is 0 Å². The third kappa shape index (κ3) is 4.99. The van der Waals surface area contributed by atoms with Crippen LogP contribution in [-0.2, 0) is 16.4 Å². The number of oxime groups is 1. The fourth-order valence-electron chi connectivity index (χ4n) is 4.30. The summed E-state index contributed by atoms with van der Waals surface area (Å²) in [5.74, 6) is -8.66. The Hall–Kier alpha value is -2.89. The molecule has 13 heteroatoms. The number of aryl methyl sites for hydroxylation is 1. The van der Waals surface area contributed by atoms with Crippen molar-refractivity contribution in [1.29, 1.82) is 0 Å². The molecule has 1 amide bonds. The van der Waals surface area contributed by atoms with Gasteiger partial charge in [0.2, 0.25) is 0 Å². The third-order valence-electron chi connectivity index (χ3n) is 6.39. The van der Waals surface area contributed by atoms with E-state index in [1.807, 2.05) is 0 Å². The molecule has 0 bridgehead atoms. The molecule has 0 aromatic heterocycles. The van der Waals surface area contributed by atoms with Gasteiger partial charge < -0.3 is 10.2 Å². The minimum absolute atomic E-state index is 0.0961. The van der Waals surface area contributed by atoms with Crippen molar-refractivity contribution in [3.05, 3.63) is 69.0 Å². The maximum Gasteiger partial charge on any atom is 0.435 e. The molecule has 0 unspecified atom stereocenters. The number of nitrogens with zero attached hydrogens (tertiary/aromatic N) is 1. The van der Waals surface area contributed by atoms with Crippen molar-refractivity contribution in [2.75, 3.05) is 0 Å². The molecule has 1 aliphatic heterocycles. The van der Waals surface area contributed by atoms with Crippen LogP contribution in [0.5, 0.6) is 0 Å². The topological polar surface area (TPSA) is 50.7 Å². The van der Waals surface area contributed by atoms with E-state index in [1.54, 1.807) is 0 Å². The normalized spacial score (nSPS) is 21.8. The Bertz CT molecular complexity index is 1280. The standard InChI is InChI=1S/C24H19ClF8N2O2/c1-11-5-12(3-4-15(11)20(36)34-14-8-22(29,30)9-14)18-10-23(37-35-18,24(31,32)33)16-6-13(21(2,27)28)7-17(25)19(16)26/h3-7,14H,8-10H2,1-2H3,(H,34,36)/t23-/m1/s1. The maximum absolute atomic E-state index is 14.8. The first-order valence-electron chi connectivity index (χ1n) is 10.9. The van der Waals surface area contributed by atoms with Gasteiger partial charge in [0.1, 0.15) is 5.82 Å². The van der Waals surface area contributed by atoms with Gasteiger partial charge in [-0.1, -0.05) is 22.8 Å². The van der Waals surface area contributed by atoms with Crippen LogP contribution in [0.4, 0.5) is 35.1 Å². The molecule has 2 aromatic rings. The van der Waals surface area contributed by atoms with Crippen molar-refractivity contribution >= 4 is 23.2 Å². The van der Waals surface area contributed by atoms with E-state index in [9.17, 15) is 39.9 Å². The predicted molar refractivity (Wildman–Crippen MR) is 118 cm³/mol. The van der Waals surface area contributed by atoms with Crippen molar-refractivity contribution in [3.63, 3.8) is 0 Å². The molecule has 0 radical (unpaired) electrons. The molecule has 1 saturated carbocycles. The zero-order valence-electron chi connectivity index (χ0n) is 19.3. The molecule has 1 N–H and O–H groups in total. The van der Waals surface area contributed by atoms with E-state index in [0.717, 1.165) is 0 Å². The van der Waals surface area contributed by atoms with Crippen LogP contribution in [0.15, 0.2) is 35.5 Å². The zero-order valence-corrected chi connectivity index (χ0v) is 20.0. The predicted octanol–water partition coefficient (Wildman–Crippen LogP) is 7.01. The van der Waals surface area contributed by atoms with Crippen LogP contribution in [0.1, 0.15) is 58.8 Å². The Balaban J connectivity index is 1.63. The Morgan fingerprint density at radius 3 is 2.32 bits per heavy atom. The number of amides is 1. The summed E-state index contributed by atoms with van der Waals surface area (Å²) in [6.07, 6.45) is -7.33. The number of alkyl halides is 7. The summed E-state index contributed by atoms with van der Waals surface area (Å²) in [5, 5.41) is 5.01. The van der Waals surface area contributed by atoms with Crippen LogP contribution in [0.25, 0.3) is 0 Å². The highest BCUT2D eigenvalue weighted by molar-refractivity contribution is 6.30. The van der Waals surface area contributed by atoms with Crippen LogP contribution >= 0.6 is 11.6 Å². The molecule has 0 saturated heterocycles. The quantitative estimate of drug-likeness (QED) is 0.404. The van der Waals surface area contributed by atoms with E-state index in [2.05, 4.69) is 10.5 Å². The highest BCUT2D eigenvalue weighted by Crippen LogP contribution is 2.51. The second-order valence-electron chi connectivity index (χ2n) is 9.30. The highest BCUT2D eigenvalue weighted by Gasteiger charge is 2.64. The fraction of sp³-hybridized carbons (Fsp3) is 0.417. The summed E-state index contributed by atoms with van der Waals surface area (Å²) >= 11 is 5.65. The Morgan fingerprint density at radius 2 is 1.78 bits per heavy atom. The summed E-state index contributed by atoms with van der Waals surface area (Å²) in [6, 6.07) is 4.08. The number of carbonyl (C=O) groups excluding carboxylic acids is 1. The van der Waals surface area contributed by atoms with Gasteiger partial charge in [-0.05, 0) is 42.3 Å². The monoisotopic (exact) mass is 554 g/mol. The number of rotatable bonds is 5.